The van der Waals surface area contributed by atoms with Gasteiger partial charge in [-0.1, -0.05) is 67.6 Å². The van der Waals surface area contributed by atoms with Crippen molar-refractivity contribution < 1.29 is 19.1 Å². The smallest absolute Gasteiger partial charge is 0.313 e. The Bertz CT molecular complexity index is 985. The van der Waals surface area contributed by atoms with E-state index in [1.54, 1.807) is 4.90 Å². The summed E-state index contributed by atoms with van der Waals surface area (Å²) in [7, 11) is 0. The van der Waals surface area contributed by atoms with Crippen LogP contribution in [0.15, 0.2) is 66.7 Å². The van der Waals surface area contributed by atoms with Crippen LogP contribution in [0.3, 0.4) is 0 Å². The molecule has 2 bridgehead atoms. The minimum Gasteiger partial charge on any atom is -0.460 e. The molecule has 148 valence electrons. The largest absolute Gasteiger partial charge is 0.460 e. The predicted molar refractivity (Wildman–Crippen MR) is 108 cm³/mol. The maximum Gasteiger partial charge on any atom is 0.313 e. The van der Waals surface area contributed by atoms with Crippen LogP contribution >= 0.6 is 0 Å². The lowest BCUT2D eigenvalue weighted by Crippen LogP contribution is -2.40. The van der Waals surface area contributed by atoms with Gasteiger partial charge in [-0.2, -0.15) is 0 Å². The predicted octanol–water partition coefficient (Wildman–Crippen LogP) is 3.28. The lowest BCUT2D eigenvalue weighted by Gasteiger charge is -2.23. The number of fused-ring (bicyclic) bond motifs is 1. The van der Waals surface area contributed by atoms with Gasteiger partial charge in [-0.05, 0) is 23.6 Å². The van der Waals surface area contributed by atoms with Crippen molar-refractivity contribution in [2.75, 3.05) is 11.4 Å². The summed E-state index contributed by atoms with van der Waals surface area (Å²) in [6, 6.07) is 17.5. The van der Waals surface area contributed by atoms with Crippen LogP contribution in [-0.4, -0.2) is 30.1 Å². The van der Waals surface area contributed by atoms with Gasteiger partial charge < -0.3 is 14.4 Å². The fraction of sp³-hybridized carbons (Fsp3) is 0.333. The molecule has 2 aromatic rings. The summed E-state index contributed by atoms with van der Waals surface area (Å²) in [6.07, 6.45) is 4.32. The standard InChI is InChI=1S/C24H23NO4/c1-2-17-10-6-7-11-18(17)25-15-24-13-12-19(29-24)20(21(24)22(25)26)23(27)28-14-16-8-4-3-5-9-16/h3-13,19-21H,2,14-15H2,1H3/t19-,20+,21+,24-/m0/s1. The van der Waals surface area contributed by atoms with Crippen LogP contribution in [0, 0.1) is 11.8 Å². The van der Waals surface area contributed by atoms with E-state index in [0.29, 0.717) is 6.54 Å². The molecule has 3 heterocycles. The average molecular weight is 389 g/mol. The van der Waals surface area contributed by atoms with E-state index in [2.05, 4.69) is 6.92 Å². The van der Waals surface area contributed by atoms with E-state index in [0.717, 1.165) is 23.2 Å². The SMILES string of the molecule is CCc1ccccc1N1C[C@]23C=C[C@H](O2)[C@@H](C(=O)OCc2ccccc2)[C@@H]3C1=O. The fourth-order valence-electron chi connectivity index (χ4n) is 4.87. The highest BCUT2D eigenvalue weighted by atomic mass is 16.6. The van der Waals surface area contributed by atoms with E-state index in [1.165, 1.54) is 0 Å². The van der Waals surface area contributed by atoms with E-state index < -0.39 is 23.5 Å². The lowest BCUT2D eigenvalue weighted by molar-refractivity contribution is -0.153. The van der Waals surface area contributed by atoms with Gasteiger partial charge in [0.25, 0.3) is 0 Å². The summed E-state index contributed by atoms with van der Waals surface area (Å²) in [4.78, 5) is 28.2. The van der Waals surface area contributed by atoms with Crippen LogP contribution in [0.25, 0.3) is 0 Å². The Morgan fingerprint density at radius 2 is 1.93 bits per heavy atom. The molecule has 2 saturated heterocycles. The Balaban J connectivity index is 1.40. The van der Waals surface area contributed by atoms with Crippen molar-refractivity contribution in [2.45, 2.75) is 31.7 Å². The second-order valence-electron chi connectivity index (χ2n) is 7.90. The summed E-state index contributed by atoms with van der Waals surface area (Å²) < 4.78 is 11.8. The number of amides is 1. The second-order valence-corrected chi connectivity index (χ2v) is 7.90. The van der Waals surface area contributed by atoms with Gasteiger partial charge in [-0.25, -0.2) is 0 Å². The topological polar surface area (TPSA) is 55.8 Å². The molecule has 5 nitrogen and oxygen atoms in total. The van der Waals surface area contributed by atoms with Crippen LogP contribution in [0.2, 0.25) is 0 Å². The summed E-state index contributed by atoms with van der Waals surface area (Å²) in [5, 5.41) is 0. The molecule has 3 aliphatic heterocycles. The van der Waals surface area contributed by atoms with Crippen LogP contribution < -0.4 is 4.90 Å². The third-order valence-corrected chi connectivity index (χ3v) is 6.26. The highest BCUT2D eigenvalue weighted by Gasteiger charge is 2.67. The molecule has 0 unspecified atom stereocenters. The van der Waals surface area contributed by atoms with Gasteiger partial charge in [0.2, 0.25) is 5.91 Å². The maximum absolute atomic E-state index is 13.4. The fourth-order valence-corrected chi connectivity index (χ4v) is 4.87. The van der Waals surface area contributed by atoms with Crippen molar-refractivity contribution in [3.05, 3.63) is 77.9 Å². The zero-order chi connectivity index (χ0) is 20.0. The Morgan fingerprint density at radius 3 is 2.72 bits per heavy atom. The summed E-state index contributed by atoms with van der Waals surface area (Å²) in [5.41, 5.74) is 2.20. The maximum atomic E-state index is 13.4. The summed E-state index contributed by atoms with van der Waals surface area (Å²) in [5.74, 6) is -1.56. The molecular formula is C24H23NO4. The molecule has 0 saturated carbocycles. The molecule has 29 heavy (non-hydrogen) atoms. The number of carbonyl (C=O) groups is 2. The molecule has 5 heteroatoms. The first kappa shape index (κ1) is 18.1. The van der Waals surface area contributed by atoms with Crippen molar-refractivity contribution >= 4 is 17.6 Å². The van der Waals surface area contributed by atoms with E-state index in [4.69, 9.17) is 9.47 Å². The van der Waals surface area contributed by atoms with E-state index in [9.17, 15) is 9.59 Å². The number of rotatable bonds is 5. The Kier molecular flexibility index (Phi) is 4.28. The Morgan fingerprint density at radius 1 is 1.17 bits per heavy atom. The van der Waals surface area contributed by atoms with E-state index in [1.807, 2.05) is 66.7 Å². The first-order chi connectivity index (χ1) is 14.1. The molecule has 5 rings (SSSR count). The van der Waals surface area contributed by atoms with Gasteiger partial charge in [-0.15, -0.1) is 0 Å². The zero-order valence-electron chi connectivity index (χ0n) is 16.3. The van der Waals surface area contributed by atoms with Crippen molar-refractivity contribution in [2.24, 2.45) is 11.8 Å². The Labute approximate surface area is 169 Å². The molecule has 0 N–H and O–H groups in total. The molecule has 4 atom stereocenters. The molecule has 1 spiro atoms. The highest BCUT2D eigenvalue weighted by Crippen LogP contribution is 2.53. The molecule has 1 amide bonds. The van der Waals surface area contributed by atoms with Gasteiger partial charge in [0, 0.05) is 5.69 Å². The van der Waals surface area contributed by atoms with Crippen LogP contribution in [0.4, 0.5) is 5.69 Å². The number of nitrogens with zero attached hydrogens (tertiary/aromatic N) is 1. The van der Waals surface area contributed by atoms with Crippen molar-refractivity contribution in [1.29, 1.82) is 0 Å². The van der Waals surface area contributed by atoms with Gasteiger partial charge >= 0.3 is 5.97 Å². The quantitative estimate of drug-likeness (QED) is 0.582. The number of para-hydroxylation sites is 1. The molecule has 2 aromatic carbocycles. The second kappa shape index (κ2) is 6.85. The number of ether oxygens (including phenoxy) is 2. The van der Waals surface area contributed by atoms with Gasteiger partial charge in [0.05, 0.1) is 18.6 Å². The molecule has 2 fully saturated rings. The monoisotopic (exact) mass is 389 g/mol. The zero-order valence-corrected chi connectivity index (χ0v) is 16.3. The number of hydrogen-bond acceptors (Lipinski definition) is 4. The normalized spacial score (nSPS) is 29.3. The number of carbonyl (C=O) groups excluding carboxylic acids is 2. The molecule has 0 aliphatic carbocycles. The third kappa shape index (κ3) is 2.80. The number of hydrogen-bond donors (Lipinski definition) is 0. The van der Waals surface area contributed by atoms with Crippen molar-refractivity contribution in [3.8, 4) is 0 Å². The lowest BCUT2D eigenvalue weighted by atomic mass is 9.77. The molecule has 0 aromatic heterocycles. The van der Waals surface area contributed by atoms with E-state index >= 15 is 0 Å². The van der Waals surface area contributed by atoms with Gasteiger partial charge in [0.15, 0.2) is 0 Å². The average Bonchev–Trinajstić information content (AvgIpc) is 3.41. The summed E-state index contributed by atoms with van der Waals surface area (Å²) >= 11 is 0. The molecule has 0 radical (unpaired) electrons. The molecule has 3 aliphatic rings. The molecular weight excluding hydrogens is 366 g/mol. The Hall–Kier alpha value is -2.92. The number of aryl methyl sites for hydroxylation is 1. The van der Waals surface area contributed by atoms with Gasteiger partial charge in [0.1, 0.15) is 18.1 Å². The minimum absolute atomic E-state index is 0.0561. The number of benzene rings is 2. The first-order valence-electron chi connectivity index (χ1n) is 10.1. The minimum atomic E-state index is -0.737. The van der Waals surface area contributed by atoms with Crippen LogP contribution in [0.1, 0.15) is 18.1 Å². The number of esters is 1. The highest BCUT2D eigenvalue weighted by molar-refractivity contribution is 6.03. The van der Waals surface area contributed by atoms with E-state index in [-0.39, 0.29) is 18.5 Å². The number of anilines is 1. The first-order valence-corrected chi connectivity index (χ1v) is 10.1. The van der Waals surface area contributed by atoms with Crippen molar-refractivity contribution in [1.82, 2.24) is 0 Å². The van der Waals surface area contributed by atoms with Crippen molar-refractivity contribution in [3.63, 3.8) is 0 Å². The van der Waals surface area contributed by atoms with Crippen LogP contribution in [-0.2, 0) is 32.1 Å². The third-order valence-electron chi connectivity index (χ3n) is 6.26. The van der Waals surface area contributed by atoms with Crippen LogP contribution in [0.5, 0.6) is 0 Å². The summed E-state index contributed by atoms with van der Waals surface area (Å²) in [6.45, 7) is 2.70. The van der Waals surface area contributed by atoms with Gasteiger partial charge in [-0.3, -0.25) is 9.59 Å².